The molecule has 6 nitrogen and oxygen atoms in total. The standard InChI is InChI=1S/C12H15N3O3/c1-7-4-8(6-15(2)11(7)16)10-13-5-9(14-10)12(17)18-3/h4-6,10,13-14H,1-3H3. The molecule has 1 aromatic rings. The average molecular weight is 249 g/mol. The number of carbonyl (C=O) groups excluding carboxylic acids is 1. The third kappa shape index (κ3) is 2.09. The van der Waals surface area contributed by atoms with Gasteiger partial charge in [0.1, 0.15) is 11.9 Å². The summed E-state index contributed by atoms with van der Waals surface area (Å²) in [6.07, 6.45) is 3.06. The summed E-state index contributed by atoms with van der Waals surface area (Å²) in [7, 11) is 3.02. The first-order valence-electron chi connectivity index (χ1n) is 5.51. The second kappa shape index (κ2) is 4.56. The lowest BCUT2D eigenvalue weighted by Gasteiger charge is -2.15. The van der Waals surface area contributed by atoms with Crippen molar-refractivity contribution < 1.29 is 9.53 Å². The second-order valence-corrected chi connectivity index (χ2v) is 4.17. The van der Waals surface area contributed by atoms with Gasteiger partial charge in [-0.1, -0.05) is 0 Å². The van der Waals surface area contributed by atoms with Crippen molar-refractivity contribution in [2.24, 2.45) is 7.05 Å². The lowest BCUT2D eigenvalue weighted by atomic mass is 10.1. The number of hydrogen-bond donors (Lipinski definition) is 2. The smallest absolute Gasteiger partial charge is 0.355 e. The zero-order valence-electron chi connectivity index (χ0n) is 10.5. The first-order chi connectivity index (χ1) is 8.52. The number of aromatic nitrogens is 1. The van der Waals surface area contributed by atoms with Crippen molar-refractivity contribution in [3.05, 3.63) is 45.6 Å². The van der Waals surface area contributed by atoms with Crippen molar-refractivity contribution in [2.75, 3.05) is 7.11 Å². The predicted octanol–water partition coefficient (Wildman–Crippen LogP) is -0.100. The number of methoxy groups -OCH3 is 1. The zero-order valence-corrected chi connectivity index (χ0v) is 10.5. The van der Waals surface area contributed by atoms with Crippen LogP contribution in [0, 0.1) is 6.92 Å². The molecular weight excluding hydrogens is 234 g/mol. The Morgan fingerprint density at radius 3 is 2.83 bits per heavy atom. The average Bonchev–Trinajstić information content (AvgIpc) is 2.84. The van der Waals surface area contributed by atoms with Gasteiger partial charge in [0.2, 0.25) is 0 Å². The van der Waals surface area contributed by atoms with Gasteiger partial charge >= 0.3 is 5.97 Å². The summed E-state index contributed by atoms with van der Waals surface area (Å²) >= 11 is 0. The molecule has 0 aliphatic carbocycles. The Morgan fingerprint density at radius 1 is 1.50 bits per heavy atom. The van der Waals surface area contributed by atoms with Gasteiger partial charge in [-0.3, -0.25) is 4.79 Å². The molecule has 0 amide bonds. The van der Waals surface area contributed by atoms with E-state index in [0.29, 0.717) is 11.3 Å². The van der Waals surface area contributed by atoms with Gasteiger partial charge in [-0.25, -0.2) is 4.79 Å². The summed E-state index contributed by atoms with van der Waals surface area (Å²) in [6, 6.07) is 1.79. The second-order valence-electron chi connectivity index (χ2n) is 4.17. The molecule has 2 N–H and O–H groups in total. The van der Waals surface area contributed by atoms with Crippen molar-refractivity contribution in [3.8, 4) is 0 Å². The van der Waals surface area contributed by atoms with Crippen molar-refractivity contribution >= 4 is 5.97 Å². The minimum absolute atomic E-state index is 0.0297. The molecule has 0 saturated carbocycles. The van der Waals surface area contributed by atoms with E-state index < -0.39 is 5.97 Å². The first-order valence-corrected chi connectivity index (χ1v) is 5.51. The predicted molar refractivity (Wildman–Crippen MR) is 65.5 cm³/mol. The molecule has 0 fully saturated rings. The van der Waals surface area contributed by atoms with Crippen LogP contribution in [0.3, 0.4) is 0 Å². The van der Waals surface area contributed by atoms with Gasteiger partial charge in [0.25, 0.3) is 5.56 Å². The van der Waals surface area contributed by atoms with Gasteiger partial charge in [-0.15, -0.1) is 0 Å². The quantitative estimate of drug-likeness (QED) is 0.716. The van der Waals surface area contributed by atoms with E-state index in [0.717, 1.165) is 5.56 Å². The molecule has 0 saturated heterocycles. The minimum Gasteiger partial charge on any atom is -0.464 e. The Morgan fingerprint density at radius 2 is 2.22 bits per heavy atom. The van der Waals surface area contributed by atoms with Crippen LogP contribution in [0.2, 0.25) is 0 Å². The van der Waals surface area contributed by atoms with Crippen LogP contribution in [0.15, 0.2) is 29.0 Å². The Kier molecular flexibility index (Phi) is 3.10. The van der Waals surface area contributed by atoms with E-state index in [9.17, 15) is 9.59 Å². The molecule has 1 atom stereocenters. The van der Waals surface area contributed by atoms with E-state index in [1.165, 1.54) is 11.7 Å². The highest BCUT2D eigenvalue weighted by molar-refractivity contribution is 5.88. The number of nitrogens with one attached hydrogen (secondary N) is 2. The van der Waals surface area contributed by atoms with Crippen LogP contribution in [0.5, 0.6) is 0 Å². The lowest BCUT2D eigenvalue weighted by Crippen LogP contribution is -2.28. The highest BCUT2D eigenvalue weighted by atomic mass is 16.5. The monoisotopic (exact) mass is 249 g/mol. The van der Waals surface area contributed by atoms with Gasteiger partial charge in [-0.05, 0) is 13.0 Å². The molecule has 18 heavy (non-hydrogen) atoms. The van der Waals surface area contributed by atoms with Crippen LogP contribution < -0.4 is 16.2 Å². The van der Waals surface area contributed by atoms with Gasteiger partial charge in [0, 0.05) is 30.6 Å². The van der Waals surface area contributed by atoms with Crippen LogP contribution in [0.4, 0.5) is 0 Å². The first kappa shape index (κ1) is 12.2. The van der Waals surface area contributed by atoms with E-state index in [4.69, 9.17) is 0 Å². The fraction of sp³-hybridized carbons (Fsp3) is 0.333. The van der Waals surface area contributed by atoms with Gasteiger partial charge < -0.3 is 19.9 Å². The summed E-state index contributed by atoms with van der Waals surface area (Å²) < 4.78 is 6.14. The molecule has 2 heterocycles. The molecule has 1 aliphatic rings. The van der Waals surface area contributed by atoms with Gasteiger partial charge in [0.05, 0.1) is 7.11 Å². The van der Waals surface area contributed by atoms with E-state index in [-0.39, 0.29) is 11.7 Å². The Balaban J connectivity index is 2.22. The maximum Gasteiger partial charge on any atom is 0.355 e. The largest absolute Gasteiger partial charge is 0.464 e. The summed E-state index contributed by atoms with van der Waals surface area (Å²) in [5.74, 6) is -0.424. The number of ether oxygens (including phenoxy) is 1. The fourth-order valence-corrected chi connectivity index (χ4v) is 1.88. The minimum atomic E-state index is -0.424. The number of aryl methyl sites for hydroxylation is 2. The number of pyridine rings is 1. The number of esters is 1. The Labute approximate surface area is 104 Å². The molecule has 1 aromatic heterocycles. The van der Waals surface area contributed by atoms with Crippen molar-refractivity contribution in [2.45, 2.75) is 13.1 Å². The topological polar surface area (TPSA) is 72.4 Å². The molecule has 0 radical (unpaired) electrons. The van der Waals surface area contributed by atoms with E-state index in [1.807, 2.05) is 0 Å². The summed E-state index contributed by atoms with van der Waals surface area (Å²) in [5, 5.41) is 6.01. The number of nitrogens with zero attached hydrogens (tertiary/aromatic N) is 1. The summed E-state index contributed by atoms with van der Waals surface area (Å²) in [4.78, 5) is 22.9. The Bertz CT molecular complexity index is 548. The third-order valence-electron chi connectivity index (χ3n) is 2.82. The normalized spacial score (nSPS) is 17.7. The number of carbonyl (C=O) groups is 1. The van der Waals surface area contributed by atoms with Crippen LogP contribution in [-0.2, 0) is 16.6 Å². The number of hydrogen-bond acceptors (Lipinski definition) is 5. The van der Waals surface area contributed by atoms with Crippen molar-refractivity contribution in [1.82, 2.24) is 15.2 Å². The van der Waals surface area contributed by atoms with Crippen molar-refractivity contribution in [3.63, 3.8) is 0 Å². The molecule has 0 spiro atoms. The highest BCUT2D eigenvalue weighted by Crippen LogP contribution is 2.16. The van der Waals surface area contributed by atoms with Gasteiger partial charge in [0.15, 0.2) is 0 Å². The highest BCUT2D eigenvalue weighted by Gasteiger charge is 2.22. The van der Waals surface area contributed by atoms with Crippen LogP contribution in [0.25, 0.3) is 0 Å². The third-order valence-corrected chi connectivity index (χ3v) is 2.82. The molecule has 1 unspecified atom stereocenters. The Hall–Kier alpha value is -2.24. The van der Waals surface area contributed by atoms with Crippen LogP contribution in [0.1, 0.15) is 17.3 Å². The van der Waals surface area contributed by atoms with Crippen LogP contribution in [-0.4, -0.2) is 17.6 Å². The zero-order chi connectivity index (χ0) is 13.3. The SMILES string of the molecule is COC(=O)C1=CNC(c2cc(C)c(=O)n(C)c2)N1. The van der Waals surface area contributed by atoms with Gasteiger partial charge in [-0.2, -0.15) is 0 Å². The molecule has 96 valence electrons. The molecular formula is C12H15N3O3. The molecule has 1 aliphatic heterocycles. The molecule has 2 rings (SSSR count). The number of rotatable bonds is 2. The van der Waals surface area contributed by atoms with Crippen LogP contribution >= 0.6 is 0 Å². The maximum atomic E-state index is 11.6. The lowest BCUT2D eigenvalue weighted by molar-refractivity contribution is -0.136. The van der Waals surface area contributed by atoms with Crippen molar-refractivity contribution in [1.29, 1.82) is 0 Å². The fourth-order valence-electron chi connectivity index (χ4n) is 1.88. The molecule has 0 aromatic carbocycles. The molecule has 6 heteroatoms. The van der Waals surface area contributed by atoms with E-state index >= 15 is 0 Å². The van der Waals surface area contributed by atoms with E-state index in [1.54, 1.807) is 32.4 Å². The summed E-state index contributed by atoms with van der Waals surface area (Å²) in [6.45, 7) is 1.76. The van der Waals surface area contributed by atoms with E-state index in [2.05, 4.69) is 15.4 Å². The molecule has 0 bridgehead atoms. The summed E-state index contributed by atoms with van der Waals surface area (Å²) in [5.41, 5.74) is 1.88. The maximum absolute atomic E-state index is 11.6.